The topological polar surface area (TPSA) is 87.0 Å². The molecule has 3 aromatic rings. The summed E-state index contributed by atoms with van der Waals surface area (Å²) in [5.74, 6) is 0. The van der Waals surface area contributed by atoms with Crippen molar-refractivity contribution in [3.8, 4) is 0 Å². The summed E-state index contributed by atoms with van der Waals surface area (Å²) >= 11 is 0. The van der Waals surface area contributed by atoms with Crippen molar-refractivity contribution in [2.75, 3.05) is 5.73 Å². The molecule has 0 aliphatic rings. The van der Waals surface area contributed by atoms with Gasteiger partial charge in [0.1, 0.15) is 0 Å². The number of benzene rings is 2. The van der Waals surface area contributed by atoms with Crippen LogP contribution < -0.4 is 5.73 Å². The molecule has 0 spiro atoms. The fraction of sp³-hybridized carbons (Fsp3) is 0.0714. The molecule has 100 valence electrons. The van der Waals surface area contributed by atoms with Crippen LogP contribution >= 0.6 is 0 Å². The lowest BCUT2D eigenvalue weighted by atomic mass is 10.2. The second-order valence-corrected chi connectivity index (χ2v) is 4.55. The molecule has 0 aliphatic heterocycles. The van der Waals surface area contributed by atoms with Crippen LogP contribution in [0, 0.1) is 10.1 Å². The second-order valence-electron chi connectivity index (χ2n) is 4.55. The minimum absolute atomic E-state index is 0.0819. The van der Waals surface area contributed by atoms with E-state index in [1.54, 1.807) is 23.0 Å². The Bertz CT molecular complexity index is 795. The normalized spacial score (nSPS) is 10.8. The average molecular weight is 268 g/mol. The van der Waals surface area contributed by atoms with Gasteiger partial charge in [-0.1, -0.05) is 12.1 Å². The van der Waals surface area contributed by atoms with Crippen molar-refractivity contribution in [2.45, 2.75) is 6.54 Å². The molecule has 3 rings (SSSR count). The molecule has 0 radical (unpaired) electrons. The van der Waals surface area contributed by atoms with Gasteiger partial charge < -0.3 is 5.73 Å². The Hall–Kier alpha value is -2.89. The smallest absolute Gasteiger partial charge is 0.269 e. The van der Waals surface area contributed by atoms with Gasteiger partial charge >= 0.3 is 0 Å². The summed E-state index contributed by atoms with van der Waals surface area (Å²) in [6.07, 6.45) is 1.76. The standard InChI is InChI=1S/C14H12N4O2/c15-12-5-4-11-8-16-17(14(11)7-12)9-10-2-1-3-13(6-10)18(19)20/h1-8H,9,15H2. The molecule has 20 heavy (non-hydrogen) atoms. The maximum atomic E-state index is 10.8. The number of nitrogens with two attached hydrogens (primary N) is 1. The van der Waals surface area contributed by atoms with Crippen molar-refractivity contribution in [3.63, 3.8) is 0 Å². The van der Waals surface area contributed by atoms with E-state index in [2.05, 4.69) is 5.10 Å². The minimum Gasteiger partial charge on any atom is -0.399 e. The molecular formula is C14H12N4O2. The average Bonchev–Trinajstić information content (AvgIpc) is 2.82. The SMILES string of the molecule is Nc1ccc2cnn(Cc3cccc([N+](=O)[O-])c3)c2c1. The van der Waals surface area contributed by atoms with E-state index in [0.717, 1.165) is 16.5 Å². The molecule has 6 heteroatoms. The van der Waals surface area contributed by atoms with E-state index in [0.29, 0.717) is 12.2 Å². The highest BCUT2D eigenvalue weighted by Gasteiger charge is 2.08. The molecule has 0 atom stereocenters. The fourth-order valence-electron chi connectivity index (χ4n) is 2.15. The first kappa shape index (κ1) is 12.2. The van der Waals surface area contributed by atoms with Gasteiger partial charge in [0.25, 0.3) is 5.69 Å². The molecule has 0 aliphatic carbocycles. The molecule has 2 N–H and O–H groups in total. The summed E-state index contributed by atoms with van der Waals surface area (Å²) in [4.78, 5) is 10.4. The molecule has 6 nitrogen and oxygen atoms in total. The van der Waals surface area contributed by atoms with Crippen molar-refractivity contribution in [1.82, 2.24) is 9.78 Å². The van der Waals surface area contributed by atoms with Crippen molar-refractivity contribution in [2.24, 2.45) is 0 Å². The molecule has 0 amide bonds. The molecular weight excluding hydrogens is 256 g/mol. The lowest BCUT2D eigenvalue weighted by molar-refractivity contribution is -0.384. The van der Waals surface area contributed by atoms with E-state index in [4.69, 9.17) is 5.73 Å². The van der Waals surface area contributed by atoms with E-state index < -0.39 is 4.92 Å². The third-order valence-electron chi connectivity index (χ3n) is 3.12. The van der Waals surface area contributed by atoms with Crippen LogP contribution in [-0.2, 0) is 6.54 Å². The Kier molecular flexibility index (Phi) is 2.83. The number of nitrogens with zero attached hydrogens (tertiary/aromatic N) is 3. The Morgan fingerprint density at radius 3 is 2.90 bits per heavy atom. The monoisotopic (exact) mass is 268 g/mol. The number of hydrogen-bond acceptors (Lipinski definition) is 4. The molecule has 1 heterocycles. The largest absolute Gasteiger partial charge is 0.399 e. The van der Waals surface area contributed by atoms with Crippen LogP contribution in [0.25, 0.3) is 10.9 Å². The molecule has 0 fully saturated rings. The highest BCUT2D eigenvalue weighted by Crippen LogP contribution is 2.19. The third-order valence-corrected chi connectivity index (χ3v) is 3.12. The maximum absolute atomic E-state index is 10.8. The Morgan fingerprint density at radius 2 is 2.10 bits per heavy atom. The highest BCUT2D eigenvalue weighted by atomic mass is 16.6. The lowest BCUT2D eigenvalue weighted by Gasteiger charge is -2.04. The van der Waals surface area contributed by atoms with Crippen molar-refractivity contribution in [3.05, 3.63) is 64.3 Å². The van der Waals surface area contributed by atoms with Gasteiger partial charge in [-0.15, -0.1) is 0 Å². The highest BCUT2D eigenvalue weighted by molar-refractivity contribution is 5.81. The van der Waals surface area contributed by atoms with Gasteiger partial charge in [-0.2, -0.15) is 5.10 Å². The first-order chi connectivity index (χ1) is 9.63. The van der Waals surface area contributed by atoms with Crippen LogP contribution in [0.3, 0.4) is 0 Å². The van der Waals surface area contributed by atoms with Crippen LogP contribution in [0.2, 0.25) is 0 Å². The fourth-order valence-corrected chi connectivity index (χ4v) is 2.15. The first-order valence-corrected chi connectivity index (χ1v) is 6.08. The summed E-state index contributed by atoms with van der Waals surface area (Å²) in [7, 11) is 0. The van der Waals surface area contributed by atoms with Crippen molar-refractivity contribution in [1.29, 1.82) is 0 Å². The summed E-state index contributed by atoms with van der Waals surface area (Å²) in [6.45, 7) is 0.467. The number of anilines is 1. The van der Waals surface area contributed by atoms with Crippen molar-refractivity contribution >= 4 is 22.3 Å². The molecule has 2 aromatic carbocycles. The first-order valence-electron chi connectivity index (χ1n) is 6.08. The number of non-ortho nitro benzene ring substituents is 1. The Morgan fingerprint density at radius 1 is 1.25 bits per heavy atom. The molecule has 0 bridgehead atoms. The van der Waals surface area contributed by atoms with Gasteiger partial charge in [0.05, 0.1) is 23.2 Å². The molecule has 0 unspecified atom stereocenters. The van der Waals surface area contributed by atoms with Gasteiger partial charge in [0.15, 0.2) is 0 Å². The van der Waals surface area contributed by atoms with Crippen LogP contribution in [0.4, 0.5) is 11.4 Å². The second kappa shape index (κ2) is 4.65. The van der Waals surface area contributed by atoms with Gasteiger partial charge in [0, 0.05) is 23.2 Å². The summed E-state index contributed by atoms with van der Waals surface area (Å²) < 4.78 is 1.78. The predicted molar refractivity (Wildman–Crippen MR) is 76.3 cm³/mol. The van der Waals surface area contributed by atoms with Gasteiger partial charge in [-0.3, -0.25) is 14.8 Å². The van der Waals surface area contributed by atoms with Crippen LogP contribution in [0.1, 0.15) is 5.56 Å². The Balaban J connectivity index is 1.99. The van der Waals surface area contributed by atoms with Gasteiger partial charge in [0.2, 0.25) is 0 Å². The quantitative estimate of drug-likeness (QED) is 0.449. The van der Waals surface area contributed by atoms with Crippen LogP contribution in [0.15, 0.2) is 48.7 Å². The molecule has 0 saturated carbocycles. The number of fused-ring (bicyclic) bond motifs is 1. The number of nitro groups is 1. The lowest BCUT2D eigenvalue weighted by Crippen LogP contribution is -2.02. The number of hydrogen-bond donors (Lipinski definition) is 1. The van der Waals surface area contributed by atoms with E-state index in [-0.39, 0.29) is 5.69 Å². The van der Waals surface area contributed by atoms with E-state index in [1.807, 2.05) is 24.3 Å². The van der Waals surface area contributed by atoms with E-state index >= 15 is 0 Å². The van der Waals surface area contributed by atoms with E-state index in [1.165, 1.54) is 6.07 Å². The number of aromatic nitrogens is 2. The van der Waals surface area contributed by atoms with Crippen molar-refractivity contribution < 1.29 is 4.92 Å². The van der Waals surface area contributed by atoms with Crippen LogP contribution in [-0.4, -0.2) is 14.7 Å². The Labute approximate surface area is 114 Å². The predicted octanol–water partition coefficient (Wildman–Crippen LogP) is 2.58. The van der Waals surface area contributed by atoms with Gasteiger partial charge in [-0.05, 0) is 23.8 Å². The summed E-state index contributed by atoms with van der Waals surface area (Å²) in [5, 5.41) is 16.1. The minimum atomic E-state index is -0.400. The van der Waals surface area contributed by atoms with E-state index in [9.17, 15) is 10.1 Å². The zero-order valence-electron chi connectivity index (χ0n) is 10.6. The third kappa shape index (κ3) is 2.18. The number of nitrogen functional groups attached to an aromatic ring is 1. The molecule has 0 saturated heterocycles. The maximum Gasteiger partial charge on any atom is 0.269 e. The zero-order chi connectivity index (χ0) is 14.1. The summed E-state index contributed by atoms with van der Waals surface area (Å²) in [6, 6.07) is 12.1. The zero-order valence-corrected chi connectivity index (χ0v) is 10.6. The summed E-state index contributed by atoms with van der Waals surface area (Å²) in [5.41, 5.74) is 8.26. The van der Waals surface area contributed by atoms with Gasteiger partial charge in [-0.25, -0.2) is 0 Å². The number of nitro benzene ring substituents is 1. The van der Waals surface area contributed by atoms with Crippen LogP contribution in [0.5, 0.6) is 0 Å². The number of rotatable bonds is 3. The molecule has 1 aromatic heterocycles.